The number of aliphatic hydroxyl groups is 1. The topological polar surface area (TPSA) is 81.4 Å². The number of ether oxygens (including phenoxy) is 1. The number of rotatable bonds is 7. The number of thiophene rings is 1. The maximum atomic E-state index is 13.0. The summed E-state index contributed by atoms with van der Waals surface area (Å²) in [5.41, 5.74) is 1.70. The second kappa shape index (κ2) is 8.70. The SMILES string of the molecule is CCC(=O)c1ccc(OC[C@H](O)Cn2cnc3sc4c(c3c2=O)CC[C@@H](C)C4)cc1. The second-order valence-corrected chi connectivity index (χ2v) is 9.08. The van der Waals surface area contributed by atoms with Crippen LogP contribution in [-0.2, 0) is 19.4 Å². The minimum Gasteiger partial charge on any atom is -0.491 e. The van der Waals surface area contributed by atoms with Crippen molar-refractivity contribution in [2.75, 3.05) is 6.61 Å². The molecule has 3 aromatic rings. The molecule has 1 aromatic carbocycles. The average molecular weight is 427 g/mol. The molecule has 0 amide bonds. The van der Waals surface area contributed by atoms with Gasteiger partial charge in [-0.2, -0.15) is 0 Å². The quantitative estimate of drug-likeness (QED) is 0.584. The molecule has 2 heterocycles. The number of Topliss-reactive ketones (excluding diaryl/α,β-unsaturated/α-hetero) is 1. The van der Waals surface area contributed by atoms with Crippen LogP contribution in [-0.4, -0.2) is 33.2 Å². The van der Waals surface area contributed by atoms with Gasteiger partial charge in [-0.1, -0.05) is 13.8 Å². The van der Waals surface area contributed by atoms with E-state index in [0.29, 0.717) is 29.0 Å². The van der Waals surface area contributed by atoms with Crippen molar-refractivity contribution in [3.05, 3.63) is 57.0 Å². The average Bonchev–Trinajstić information content (AvgIpc) is 3.12. The first-order chi connectivity index (χ1) is 14.5. The van der Waals surface area contributed by atoms with E-state index in [1.54, 1.807) is 35.6 Å². The van der Waals surface area contributed by atoms with Crippen LogP contribution in [0.5, 0.6) is 5.75 Å². The molecule has 0 radical (unpaired) electrons. The summed E-state index contributed by atoms with van der Waals surface area (Å²) in [6, 6.07) is 6.87. The van der Waals surface area contributed by atoms with Gasteiger partial charge in [-0.05, 0) is 55.0 Å². The third-order valence-electron chi connectivity index (χ3n) is 5.63. The van der Waals surface area contributed by atoms with Gasteiger partial charge in [0.25, 0.3) is 5.56 Å². The van der Waals surface area contributed by atoms with Gasteiger partial charge in [0.2, 0.25) is 0 Å². The van der Waals surface area contributed by atoms with Crippen molar-refractivity contribution in [3.8, 4) is 5.75 Å². The van der Waals surface area contributed by atoms with E-state index in [-0.39, 0.29) is 24.5 Å². The predicted molar refractivity (Wildman–Crippen MR) is 118 cm³/mol. The third-order valence-corrected chi connectivity index (χ3v) is 6.79. The van der Waals surface area contributed by atoms with Crippen molar-refractivity contribution in [1.29, 1.82) is 0 Å². The zero-order chi connectivity index (χ0) is 21.3. The van der Waals surface area contributed by atoms with Crippen molar-refractivity contribution >= 4 is 27.3 Å². The second-order valence-electron chi connectivity index (χ2n) is 8.00. The zero-order valence-corrected chi connectivity index (χ0v) is 18.1. The summed E-state index contributed by atoms with van der Waals surface area (Å²) in [7, 11) is 0. The molecule has 0 unspecified atom stereocenters. The summed E-state index contributed by atoms with van der Waals surface area (Å²) in [6.45, 7) is 4.23. The van der Waals surface area contributed by atoms with Crippen molar-refractivity contribution < 1.29 is 14.6 Å². The Hall–Kier alpha value is -2.51. The van der Waals surface area contributed by atoms with Gasteiger partial charge in [-0.3, -0.25) is 14.2 Å². The van der Waals surface area contributed by atoms with Crippen LogP contribution < -0.4 is 10.3 Å². The fourth-order valence-electron chi connectivity index (χ4n) is 3.91. The van der Waals surface area contributed by atoms with Crippen molar-refractivity contribution in [2.45, 2.75) is 52.2 Å². The Morgan fingerprint density at radius 1 is 1.37 bits per heavy atom. The Labute approximate surface area is 179 Å². The Morgan fingerprint density at radius 2 is 2.13 bits per heavy atom. The molecule has 7 heteroatoms. The molecule has 0 aliphatic heterocycles. The van der Waals surface area contributed by atoms with Gasteiger partial charge in [0.05, 0.1) is 18.3 Å². The van der Waals surface area contributed by atoms with Crippen molar-refractivity contribution in [3.63, 3.8) is 0 Å². The van der Waals surface area contributed by atoms with E-state index in [2.05, 4.69) is 11.9 Å². The Kier molecular flexibility index (Phi) is 6.01. The van der Waals surface area contributed by atoms with E-state index in [1.807, 2.05) is 6.92 Å². The van der Waals surface area contributed by atoms with Crippen LogP contribution in [0.15, 0.2) is 35.4 Å². The van der Waals surface area contributed by atoms with Gasteiger partial charge in [0.1, 0.15) is 23.3 Å². The summed E-state index contributed by atoms with van der Waals surface area (Å²) < 4.78 is 7.10. The van der Waals surface area contributed by atoms with E-state index < -0.39 is 6.10 Å². The lowest BCUT2D eigenvalue weighted by molar-refractivity contribution is 0.0913. The molecule has 1 aliphatic rings. The lowest BCUT2D eigenvalue weighted by Crippen LogP contribution is -2.30. The van der Waals surface area contributed by atoms with E-state index >= 15 is 0 Å². The summed E-state index contributed by atoms with van der Waals surface area (Å²) in [4.78, 5) is 31.3. The highest BCUT2D eigenvalue weighted by Crippen LogP contribution is 2.35. The lowest BCUT2D eigenvalue weighted by Gasteiger charge is -2.17. The van der Waals surface area contributed by atoms with E-state index in [1.165, 1.54) is 15.8 Å². The summed E-state index contributed by atoms with van der Waals surface area (Å²) in [5.74, 6) is 1.29. The summed E-state index contributed by atoms with van der Waals surface area (Å²) >= 11 is 1.62. The molecule has 0 saturated heterocycles. The van der Waals surface area contributed by atoms with Gasteiger partial charge in [0.15, 0.2) is 5.78 Å². The number of hydrogen-bond donors (Lipinski definition) is 1. The molecule has 0 fully saturated rings. The number of nitrogens with zero attached hydrogens (tertiary/aromatic N) is 2. The molecule has 158 valence electrons. The molecule has 4 rings (SSSR count). The number of aliphatic hydroxyl groups excluding tert-OH is 1. The first-order valence-corrected chi connectivity index (χ1v) is 11.2. The Morgan fingerprint density at radius 3 is 2.87 bits per heavy atom. The lowest BCUT2D eigenvalue weighted by atomic mass is 9.89. The first kappa shape index (κ1) is 20.8. The molecular weight excluding hydrogens is 400 g/mol. The normalized spacial score (nSPS) is 17.0. The minimum absolute atomic E-state index is 0.0464. The first-order valence-electron chi connectivity index (χ1n) is 10.4. The molecule has 2 aromatic heterocycles. The zero-order valence-electron chi connectivity index (χ0n) is 17.3. The third kappa shape index (κ3) is 4.18. The highest BCUT2D eigenvalue weighted by Gasteiger charge is 2.23. The number of carbonyl (C=O) groups is 1. The largest absolute Gasteiger partial charge is 0.491 e. The molecule has 0 saturated carbocycles. The number of hydrogen-bond acceptors (Lipinski definition) is 6. The number of fused-ring (bicyclic) bond motifs is 3. The molecule has 0 spiro atoms. The molecular formula is C23H26N2O4S. The van der Waals surface area contributed by atoms with Crippen molar-refractivity contribution in [1.82, 2.24) is 9.55 Å². The van der Waals surface area contributed by atoms with Crippen molar-refractivity contribution in [2.24, 2.45) is 5.92 Å². The van der Waals surface area contributed by atoms with Gasteiger partial charge in [-0.15, -0.1) is 11.3 Å². The number of aromatic nitrogens is 2. The monoisotopic (exact) mass is 426 g/mol. The van der Waals surface area contributed by atoms with Crippen LogP contribution in [0.25, 0.3) is 10.2 Å². The molecule has 1 aliphatic carbocycles. The highest BCUT2D eigenvalue weighted by molar-refractivity contribution is 7.18. The summed E-state index contributed by atoms with van der Waals surface area (Å²) in [6.07, 6.45) is 4.14. The molecule has 6 nitrogen and oxygen atoms in total. The minimum atomic E-state index is -0.853. The van der Waals surface area contributed by atoms with Crippen LogP contribution in [0.3, 0.4) is 0 Å². The number of benzene rings is 1. The van der Waals surface area contributed by atoms with Crippen LogP contribution in [0, 0.1) is 5.92 Å². The van der Waals surface area contributed by atoms with Crippen LogP contribution in [0.1, 0.15) is 47.5 Å². The van der Waals surface area contributed by atoms with E-state index in [9.17, 15) is 14.7 Å². The van der Waals surface area contributed by atoms with Crippen LogP contribution in [0.4, 0.5) is 0 Å². The highest BCUT2D eigenvalue weighted by atomic mass is 32.1. The van der Waals surface area contributed by atoms with Gasteiger partial charge in [0, 0.05) is 16.9 Å². The van der Waals surface area contributed by atoms with Crippen LogP contribution in [0.2, 0.25) is 0 Å². The number of ketones is 1. The van der Waals surface area contributed by atoms with E-state index in [0.717, 1.165) is 29.7 Å². The fraction of sp³-hybridized carbons (Fsp3) is 0.435. The maximum Gasteiger partial charge on any atom is 0.262 e. The predicted octanol–water partition coefficient (Wildman–Crippen LogP) is 3.62. The molecule has 0 bridgehead atoms. The maximum absolute atomic E-state index is 13.0. The Bertz CT molecular complexity index is 1120. The molecule has 30 heavy (non-hydrogen) atoms. The molecule has 1 N–H and O–H groups in total. The summed E-state index contributed by atoms with van der Waals surface area (Å²) in [5, 5.41) is 11.1. The van der Waals surface area contributed by atoms with Gasteiger partial charge in [-0.25, -0.2) is 4.98 Å². The number of aryl methyl sites for hydroxylation is 1. The van der Waals surface area contributed by atoms with Crippen LogP contribution >= 0.6 is 11.3 Å². The van der Waals surface area contributed by atoms with E-state index in [4.69, 9.17) is 4.74 Å². The smallest absolute Gasteiger partial charge is 0.262 e. The van der Waals surface area contributed by atoms with Gasteiger partial charge < -0.3 is 9.84 Å². The molecule has 2 atom stereocenters. The number of carbonyl (C=O) groups excluding carboxylic acids is 1. The van der Waals surface area contributed by atoms with Gasteiger partial charge >= 0.3 is 0 Å². The Balaban J connectivity index is 1.44. The fourth-order valence-corrected chi connectivity index (χ4v) is 5.25. The standard InChI is InChI=1S/C23H26N2O4S/c1-3-19(27)15-5-7-17(8-6-15)29-12-16(26)11-25-13-24-22-21(23(25)28)18-9-4-14(2)10-20(18)30-22/h5-8,13-14,16,26H,3-4,9-12H2,1-2H3/t14-,16-/m1/s1.